The van der Waals surface area contributed by atoms with Crippen LogP contribution in [0, 0.1) is 0 Å². The molecule has 0 bridgehead atoms. The van der Waals surface area contributed by atoms with E-state index < -0.39 is 0 Å². The van der Waals surface area contributed by atoms with Crippen LogP contribution in [0.15, 0.2) is 37.4 Å². The van der Waals surface area contributed by atoms with Gasteiger partial charge in [0.1, 0.15) is 0 Å². The van der Waals surface area contributed by atoms with Gasteiger partial charge in [-0.2, -0.15) is 0 Å². The van der Waals surface area contributed by atoms with Gasteiger partial charge in [-0.05, 0) is 18.1 Å². The Bertz CT molecular complexity index is 273. The molecule has 0 N–H and O–H groups in total. The summed E-state index contributed by atoms with van der Waals surface area (Å²) < 4.78 is 0. The van der Waals surface area contributed by atoms with E-state index in [9.17, 15) is 0 Å². The van der Waals surface area contributed by atoms with E-state index in [4.69, 9.17) is 11.6 Å². The average Bonchev–Trinajstić information content (AvgIpc) is 2.04. The van der Waals surface area contributed by atoms with Crippen molar-refractivity contribution in [1.29, 1.82) is 0 Å². The van der Waals surface area contributed by atoms with Gasteiger partial charge in [-0.3, -0.25) is 0 Å². The van der Waals surface area contributed by atoms with Crippen molar-refractivity contribution in [2.75, 3.05) is 0 Å². The van der Waals surface area contributed by atoms with E-state index in [1.54, 1.807) is 0 Å². The molecule has 0 aliphatic heterocycles. The fourth-order valence-electron chi connectivity index (χ4n) is 0.936. The molecule has 1 aromatic carbocycles. The van der Waals surface area contributed by atoms with Crippen LogP contribution in [0.5, 0.6) is 0 Å². The van der Waals surface area contributed by atoms with Gasteiger partial charge < -0.3 is 0 Å². The molecule has 0 atom stereocenters. The molecule has 0 nitrogen and oxygen atoms in total. The maximum absolute atomic E-state index is 5.72. The van der Waals surface area contributed by atoms with Crippen LogP contribution in [-0.4, -0.2) is 0 Å². The molecule has 0 heterocycles. The smallest absolute Gasteiger partial charge is 0.0406 e. The lowest BCUT2D eigenvalue weighted by Gasteiger charge is -2.01. The fraction of sp³-hybridized carbons (Fsp3) is 0.0909. The zero-order chi connectivity index (χ0) is 9.14. The van der Waals surface area contributed by atoms with Crippen molar-refractivity contribution < 1.29 is 0 Å². The first kappa shape index (κ1) is 9.08. The summed E-state index contributed by atoms with van der Waals surface area (Å²) in [5.41, 5.74) is 3.15. The summed E-state index contributed by atoms with van der Waals surface area (Å²) in [6, 6.07) is 7.87. The first-order valence-electron chi connectivity index (χ1n) is 3.72. The Morgan fingerprint density at radius 1 is 1.08 bits per heavy atom. The Morgan fingerprint density at radius 3 is 1.83 bits per heavy atom. The van der Waals surface area contributed by atoms with Crippen LogP contribution in [0.25, 0.3) is 10.6 Å². The second-order valence-electron chi connectivity index (χ2n) is 2.76. The average molecular weight is 179 g/mol. The highest BCUT2D eigenvalue weighted by molar-refractivity contribution is 6.48. The molecule has 0 saturated heterocycles. The summed E-state index contributed by atoms with van der Waals surface area (Å²) in [5, 5.41) is 0.572. The molecule has 1 heteroatoms. The molecule has 0 spiro atoms. The Balaban J connectivity index is 3.01. The Morgan fingerprint density at radius 2 is 1.50 bits per heavy atom. The lowest BCUT2D eigenvalue weighted by Crippen LogP contribution is -1.79. The topological polar surface area (TPSA) is 0 Å². The van der Waals surface area contributed by atoms with E-state index >= 15 is 0 Å². The molecular formula is C11H11Cl. The number of halogens is 1. The van der Waals surface area contributed by atoms with Gasteiger partial charge in [0.15, 0.2) is 0 Å². The van der Waals surface area contributed by atoms with Crippen molar-refractivity contribution in [3.63, 3.8) is 0 Å². The molecular weight excluding hydrogens is 168 g/mol. The summed E-state index contributed by atoms with van der Waals surface area (Å²) in [6.07, 6.45) is 0. The molecule has 0 aromatic heterocycles. The second-order valence-corrected chi connectivity index (χ2v) is 3.22. The molecule has 0 aliphatic carbocycles. The van der Waals surface area contributed by atoms with Crippen LogP contribution in [0.1, 0.15) is 18.1 Å². The van der Waals surface area contributed by atoms with E-state index in [1.165, 1.54) is 0 Å². The van der Waals surface area contributed by atoms with Crippen molar-refractivity contribution in [2.45, 2.75) is 6.92 Å². The minimum atomic E-state index is 0.572. The predicted molar refractivity (Wildman–Crippen MR) is 56.0 cm³/mol. The van der Waals surface area contributed by atoms with Gasteiger partial charge in [0.05, 0.1) is 0 Å². The Labute approximate surface area is 78.2 Å². The van der Waals surface area contributed by atoms with Crippen molar-refractivity contribution >= 4 is 22.2 Å². The summed E-state index contributed by atoms with van der Waals surface area (Å²) in [7, 11) is 0. The largest absolute Gasteiger partial charge is 0.0955 e. The van der Waals surface area contributed by atoms with Crippen LogP contribution < -0.4 is 0 Å². The van der Waals surface area contributed by atoms with Gasteiger partial charge >= 0.3 is 0 Å². The third kappa shape index (κ3) is 1.99. The highest BCUT2D eigenvalue weighted by Crippen LogP contribution is 2.19. The highest BCUT2D eigenvalue weighted by atomic mass is 35.5. The third-order valence-electron chi connectivity index (χ3n) is 1.69. The number of rotatable bonds is 2. The molecule has 62 valence electrons. The minimum Gasteiger partial charge on any atom is -0.0955 e. The van der Waals surface area contributed by atoms with Crippen LogP contribution >= 0.6 is 11.6 Å². The summed E-state index contributed by atoms with van der Waals surface area (Å²) >= 11 is 5.72. The van der Waals surface area contributed by atoms with Crippen LogP contribution in [-0.2, 0) is 0 Å². The van der Waals surface area contributed by atoms with Crippen molar-refractivity contribution in [2.24, 2.45) is 0 Å². The van der Waals surface area contributed by atoms with E-state index in [-0.39, 0.29) is 0 Å². The maximum atomic E-state index is 5.72. The quantitative estimate of drug-likeness (QED) is 0.644. The molecule has 0 radical (unpaired) electrons. The first-order chi connectivity index (χ1) is 5.61. The lowest BCUT2D eigenvalue weighted by molar-refractivity contribution is 1.56. The van der Waals surface area contributed by atoms with E-state index in [0.29, 0.717) is 5.03 Å². The van der Waals surface area contributed by atoms with Gasteiger partial charge in [-0.1, -0.05) is 54.6 Å². The highest BCUT2D eigenvalue weighted by Gasteiger charge is 1.95. The van der Waals surface area contributed by atoms with Crippen LogP contribution in [0.4, 0.5) is 0 Å². The molecule has 0 unspecified atom stereocenters. The van der Waals surface area contributed by atoms with Gasteiger partial charge in [0.25, 0.3) is 0 Å². The summed E-state index contributed by atoms with van der Waals surface area (Å²) in [4.78, 5) is 0. The summed E-state index contributed by atoms with van der Waals surface area (Å²) in [5.74, 6) is 0. The number of allylic oxidation sites excluding steroid dienone is 1. The van der Waals surface area contributed by atoms with Crippen LogP contribution in [0.2, 0.25) is 0 Å². The van der Waals surface area contributed by atoms with Gasteiger partial charge in [-0.15, -0.1) is 0 Å². The molecule has 1 aromatic rings. The van der Waals surface area contributed by atoms with Crippen LogP contribution in [0.3, 0.4) is 0 Å². The zero-order valence-electron chi connectivity index (χ0n) is 7.10. The molecule has 0 amide bonds. The van der Waals surface area contributed by atoms with Gasteiger partial charge in [0, 0.05) is 5.03 Å². The van der Waals surface area contributed by atoms with Crippen molar-refractivity contribution in [3.05, 3.63) is 48.6 Å². The van der Waals surface area contributed by atoms with Crippen molar-refractivity contribution in [1.82, 2.24) is 0 Å². The molecule has 0 saturated carbocycles. The predicted octanol–water partition coefficient (Wildman–Crippen LogP) is 3.93. The second kappa shape index (κ2) is 3.59. The van der Waals surface area contributed by atoms with Crippen molar-refractivity contribution in [3.8, 4) is 0 Å². The zero-order valence-corrected chi connectivity index (χ0v) is 7.86. The first-order valence-corrected chi connectivity index (χ1v) is 4.10. The maximum Gasteiger partial charge on any atom is 0.0406 e. The third-order valence-corrected chi connectivity index (χ3v) is 1.91. The standard InChI is InChI=1S/C11H11Cl/c1-8(2)10-4-6-11(7-5-10)9(3)12/h4-7H,1,3H2,2H3. The minimum absolute atomic E-state index is 0.572. The van der Waals surface area contributed by atoms with E-state index in [2.05, 4.69) is 13.2 Å². The molecule has 1 rings (SSSR count). The molecule has 12 heavy (non-hydrogen) atoms. The molecule has 0 aliphatic rings. The number of hydrogen-bond acceptors (Lipinski definition) is 0. The normalized spacial score (nSPS) is 9.50. The molecule has 0 fully saturated rings. The van der Waals surface area contributed by atoms with E-state index in [1.807, 2.05) is 31.2 Å². The lowest BCUT2D eigenvalue weighted by atomic mass is 10.1. The fourth-order valence-corrected chi connectivity index (χ4v) is 1.06. The number of benzene rings is 1. The van der Waals surface area contributed by atoms with Gasteiger partial charge in [0.2, 0.25) is 0 Å². The number of hydrogen-bond donors (Lipinski definition) is 0. The monoisotopic (exact) mass is 178 g/mol. The Kier molecular flexibility index (Phi) is 2.72. The Hall–Kier alpha value is -1.01. The van der Waals surface area contributed by atoms with E-state index in [0.717, 1.165) is 16.7 Å². The summed E-state index contributed by atoms with van der Waals surface area (Å²) in [6.45, 7) is 9.46. The van der Waals surface area contributed by atoms with Gasteiger partial charge in [-0.25, -0.2) is 0 Å². The SMILES string of the molecule is C=C(C)c1ccc(C(=C)Cl)cc1.